The molecular weight excluding hydrogens is 320 g/mol. The number of aliphatic carboxylic acids is 1. The minimum Gasteiger partial charge on any atom is -0.480 e. The van der Waals surface area contributed by atoms with Crippen molar-refractivity contribution in [3.8, 4) is 5.75 Å². The lowest BCUT2D eigenvalue weighted by Crippen LogP contribution is -2.47. The summed E-state index contributed by atoms with van der Waals surface area (Å²) in [6.07, 6.45) is 7.40. The van der Waals surface area contributed by atoms with Gasteiger partial charge in [0.15, 0.2) is 5.60 Å². The second kappa shape index (κ2) is 8.10. The maximum atomic E-state index is 12.0. The number of pyridine rings is 1. The first-order chi connectivity index (χ1) is 11.9. The molecule has 0 aliphatic heterocycles. The number of aromatic nitrogens is 1. The molecule has 0 aliphatic rings. The van der Waals surface area contributed by atoms with E-state index in [-0.39, 0.29) is 0 Å². The Morgan fingerprint density at radius 3 is 2.20 bits per heavy atom. The number of nitrogens with zero attached hydrogens (tertiary/aromatic N) is 1. The van der Waals surface area contributed by atoms with Gasteiger partial charge in [-0.2, -0.15) is 0 Å². The molecule has 0 unspecified atom stereocenters. The second-order valence-electron chi connectivity index (χ2n) is 5.87. The quantitative estimate of drug-likeness (QED) is 0.809. The highest BCUT2D eigenvalue weighted by Gasteiger charge is 2.30. The van der Waals surface area contributed by atoms with E-state index in [9.17, 15) is 9.59 Å². The van der Waals surface area contributed by atoms with Crippen molar-refractivity contribution < 1.29 is 19.4 Å². The lowest BCUT2D eigenvalue weighted by Gasteiger charge is -2.25. The summed E-state index contributed by atoms with van der Waals surface area (Å²) >= 11 is 0. The fourth-order valence-corrected chi connectivity index (χ4v) is 2.02. The fourth-order valence-electron chi connectivity index (χ4n) is 2.02. The van der Waals surface area contributed by atoms with E-state index in [1.165, 1.54) is 0 Å². The molecule has 0 saturated carbocycles. The summed E-state index contributed by atoms with van der Waals surface area (Å²) in [5, 5.41) is 10.9. The zero-order chi connectivity index (χ0) is 18.3. The van der Waals surface area contributed by atoms with Gasteiger partial charge in [0.25, 0.3) is 5.91 Å². The van der Waals surface area contributed by atoms with Crippen LogP contribution < -0.4 is 10.1 Å². The maximum absolute atomic E-state index is 12.0. The second-order valence-corrected chi connectivity index (χ2v) is 5.87. The van der Waals surface area contributed by atoms with E-state index in [4.69, 9.17) is 9.84 Å². The van der Waals surface area contributed by atoms with Gasteiger partial charge in [0.05, 0.1) is 0 Å². The number of carbonyl (C=O) groups is 2. The van der Waals surface area contributed by atoms with E-state index in [1.54, 1.807) is 38.4 Å². The van der Waals surface area contributed by atoms with Crippen LogP contribution >= 0.6 is 0 Å². The molecule has 0 radical (unpaired) electrons. The van der Waals surface area contributed by atoms with Gasteiger partial charge in [-0.05, 0) is 49.2 Å². The molecule has 6 heteroatoms. The maximum Gasteiger partial charge on any atom is 0.322 e. The number of hydrogen-bond acceptors (Lipinski definition) is 4. The van der Waals surface area contributed by atoms with Crippen molar-refractivity contribution in [2.75, 3.05) is 6.54 Å². The molecule has 6 nitrogen and oxygen atoms in total. The van der Waals surface area contributed by atoms with E-state index >= 15 is 0 Å². The largest absolute Gasteiger partial charge is 0.480 e. The highest BCUT2D eigenvalue weighted by atomic mass is 16.5. The third-order valence-electron chi connectivity index (χ3n) is 3.37. The van der Waals surface area contributed by atoms with Crippen molar-refractivity contribution in [2.24, 2.45) is 0 Å². The van der Waals surface area contributed by atoms with Crippen molar-refractivity contribution >= 4 is 24.0 Å². The standard InChI is InChI=1S/C19H20N2O4/c1-19(2,18(24)21-13-17(22)23)25-16-7-5-14(6-8-16)3-4-15-9-11-20-12-10-15/h3-12H,13H2,1-2H3,(H,21,24)(H,22,23)/b4-3+. The Morgan fingerprint density at radius 1 is 1.08 bits per heavy atom. The molecule has 0 spiro atoms. The molecule has 1 heterocycles. The Kier molecular flexibility index (Phi) is 5.89. The molecule has 25 heavy (non-hydrogen) atoms. The topological polar surface area (TPSA) is 88.5 Å². The van der Waals surface area contributed by atoms with E-state index < -0.39 is 24.0 Å². The summed E-state index contributed by atoms with van der Waals surface area (Å²) in [5.74, 6) is -1.07. The molecule has 2 aromatic rings. The number of rotatable bonds is 7. The zero-order valence-corrected chi connectivity index (χ0v) is 14.1. The van der Waals surface area contributed by atoms with Gasteiger partial charge in [-0.15, -0.1) is 0 Å². The van der Waals surface area contributed by atoms with Crippen LogP contribution in [0.3, 0.4) is 0 Å². The van der Waals surface area contributed by atoms with Crippen LogP contribution in [0.2, 0.25) is 0 Å². The van der Waals surface area contributed by atoms with Gasteiger partial charge < -0.3 is 15.2 Å². The van der Waals surface area contributed by atoms with Crippen LogP contribution in [-0.4, -0.2) is 34.1 Å². The van der Waals surface area contributed by atoms with E-state index in [0.717, 1.165) is 11.1 Å². The number of carboxylic acids is 1. The van der Waals surface area contributed by atoms with Crippen LogP contribution in [0, 0.1) is 0 Å². The Morgan fingerprint density at radius 2 is 1.64 bits per heavy atom. The Balaban J connectivity index is 1.98. The van der Waals surface area contributed by atoms with E-state index in [0.29, 0.717) is 5.75 Å². The molecular formula is C19H20N2O4. The average Bonchev–Trinajstić information content (AvgIpc) is 2.59. The minimum atomic E-state index is -1.18. The van der Waals surface area contributed by atoms with Crippen LogP contribution in [0.1, 0.15) is 25.0 Å². The number of hydrogen-bond donors (Lipinski definition) is 2. The third kappa shape index (κ3) is 5.76. The number of carbonyl (C=O) groups excluding carboxylic acids is 1. The lowest BCUT2D eigenvalue weighted by molar-refractivity contribution is -0.141. The van der Waals surface area contributed by atoms with Crippen molar-refractivity contribution in [3.63, 3.8) is 0 Å². The first-order valence-electron chi connectivity index (χ1n) is 7.74. The summed E-state index contributed by atoms with van der Waals surface area (Å²) in [7, 11) is 0. The molecule has 1 aromatic carbocycles. The van der Waals surface area contributed by atoms with Gasteiger partial charge >= 0.3 is 5.97 Å². The van der Waals surface area contributed by atoms with Crippen molar-refractivity contribution in [1.29, 1.82) is 0 Å². The van der Waals surface area contributed by atoms with Gasteiger partial charge in [-0.25, -0.2) is 0 Å². The van der Waals surface area contributed by atoms with Crippen molar-refractivity contribution in [3.05, 3.63) is 59.9 Å². The number of carboxylic acid groups (broad SMARTS) is 1. The Bertz CT molecular complexity index is 753. The average molecular weight is 340 g/mol. The smallest absolute Gasteiger partial charge is 0.322 e. The highest BCUT2D eigenvalue weighted by molar-refractivity contribution is 5.87. The molecule has 0 atom stereocenters. The van der Waals surface area contributed by atoms with Gasteiger partial charge in [0, 0.05) is 12.4 Å². The normalized spacial score (nSPS) is 11.3. The molecule has 0 bridgehead atoms. The molecule has 0 aliphatic carbocycles. The summed E-state index contributed by atoms with van der Waals surface area (Å²) < 4.78 is 5.68. The lowest BCUT2D eigenvalue weighted by atomic mass is 10.1. The fraction of sp³-hybridized carbons (Fsp3) is 0.211. The molecule has 130 valence electrons. The summed E-state index contributed by atoms with van der Waals surface area (Å²) in [6, 6.07) is 11.1. The van der Waals surface area contributed by atoms with Gasteiger partial charge in [-0.3, -0.25) is 14.6 Å². The monoisotopic (exact) mass is 340 g/mol. The molecule has 0 fully saturated rings. The summed E-state index contributed by atoms with van der Waals surface area (Å²) in [4.78, 5) is 26.5. The predicted molar refractivity (Wildman–Crippen MR) is 95.0 cm³/mol. The molecule has 2 rings (SSSR count). The molecule has 1 amide bonds. The predicted octanol–water partition coefficient (Wildman–Crippen LogP) is 2.61. The van der Waals surface area contributed by atoms with E-state index in [1.807, 2.05) is 36.4 Å². The molecule has 1 aromatic heterocycles. The van der Waals surface area contributed by atoms with Crippen LogP contribution in [-0.2, 0) is 9.59 Å². The number of amides is 1. The van der Waals surface area contributed by atoms with Crippen LogP contribution in [0.5, 0.6) is 5.75 Å². The van der Waals surface area contributed by atoms with Gasteiger partial charge in [-0.1, -0.05) is 24.3 Å². The highest BCUT2D eigenvalue weighted by Crippen LogP contribution is 2.20. The van der Waals surface area contributed by atoms with Crippen molar-refractivity contribution in [2.45, 2.75) is 19.4 Å². The van der Waals surface area contributed by atoms with Gasteiger partial charge in [0.2, 0.25) is 0 Å². The minimum absolute atomic E-state index is 0.440. The van der Waals surface area contributed by atoms with E-state index in [2.05, 4.69) is 10.3 Å². The number of nitrogens with one attached hydrogen (secondary N) is 1. The Labute approximate surface area is 146 Å². The van der Waals surface area contributed by atoms with Crippen LogP contribution in [0.4, 0.5) is 0 Å². The molecule has 0 saturated heterocycles. The van der Waals surface area contributed by atoms with Crippen LogP contribution in [0.15, 0.2) is 48.8 Å². The first kappa shape index (κ1) is 18.2. The summed E-state index contributed by atoms with van der Waals surface area (Å²) in [5.41, 5.74) is 0.855. The third-order valence-corrected chi connectivity index (χ3v) is 3.37. The first-order valence-corrected chi connectivity index (χ1v) is 7.74. The number of ether oxygens (including phenoxy) is 1. The van der Waals surface area contributed by atoms with Crippen LogP contribution in [0.25, 0.3) is 12.2 Å². The summed E-state index contributed by atoms with van der Waals surface area (Å²) in [6.45, 7) is 2.73. The molecule has 2 N–H and O–H groups in total. The van der Waals surface area contributed by atoms with Gasteiger partial charge in [0.1, 0.15) is 12.3 Å². The number of benzene rings is 1. The van der Waals surface area contributed by atoms with Crippen molar-refractivity contribution in [1.82, 2.24) is 10.3 Å². The SMILES string of the molecule is CC(C)(Oc1ccc(/C=C/c2ccncc2)cc1)C(=O)NCC(=O)O. The Hall–Kier alpha value is -3.15. The zero-order valence-electron chi connectivity index (χ0n) is 14.1.